The van der Waals surface area contributed by atoms with Crippen LogP contribution in [0.1, 0.15) is 10.4 Å². The SMILES string of the molecule is O=C(COc1ccccc1C(=O)O)NCC(F)(F)F. The van der Waals surface area contributed by atoms with E-state index in [1.165, 1.54) is 24.3 Å². The Labute approximate surface area is 106 Å². The Kier molecular flexibility index (Phi) is 4.74. The molecule has 0 saturated heterocycles. The molecule has 0 aliphatic heterocycles. The fourth-order valence-electron chi connectivity index (χ4n) is 1.16. The molecule has 1 aromatic rings. The highest BCUT2D eigenvalue weighted by atomic mass is 19.4. The Bertz CT molecular complexity index is 473. The van der Waals surface area contributed by atoms with Crippen LogP contribution in [0, 0.1) is 0 Å². The van der Waals surface area contributed by atoms with E-state index >= 15 is 0 Å². The van der Waals surface area contributed by atoms with Crippen molar-refractivity contribution >= 4 is 11.9 Å². The maximum absolute atomic E-state index is 11.8. The topological polar surface area (TPSA) is 75.6 Å². The molecule has 104 valence electrons. The predicted octanol–water partition coefficient (Wildman–Crippen LogP) is 1.44. The summed E-state index contributed by atoms with van der Waals surface area (Å²) < 4.78 is 40.3. The molecule has 1 aromatic carbocycles. The number of rotatable bonds is 5. The first-order chi connectivity index (χ1) is 8.79. The van der Waals surface area contributed by atoms with Gasteiger partial charge in [0.1, 0.15) is 17.9 Å². The Morgan fingerprint density at radius 2 is 1.89 bits per heavy atom. The Morgan fingerprint density at radius 3 is 2.47 bits per heavy atom. The van der Waals surface area contributed by atoms with Crippen molar-refractivity contribution in [2.45, 2.75) is 6.18 Å². The van der Waals surface area contributed by atoms with Crippen LogP contribution in [0.15, 0.2) is 24.3 Å². The van der Waals surface area contributed by atoms with Crippen LogP contribution in [-0.2, 0) is 4.79 Å². The highest BCUT2D eigenvalue weighted by Crippen LogP contribution is 2.17. The number of hydrogen-bond acceptors (Lipinski definition) is 3. The summed E-state index contributed by atoms with van der Waals surface area (Å²) in [6, 6.07) is 5.50. The number of hydrogen-bond donors (Lipinski definition) is 2. The zero-order valence-corrected chi connectivity index (χ0v) is 9.53. The van der Waals surface area contributed by atoms with Gasteiger partial charge in [-0.05, 0) is 12.1 Å². The zero-order valence-electron chi connectivity index (χ0n) is 9.53. The van der Waals surface area contributed by atoms with E-state index in [-0.39, 0.29) is 11.3 Å². The Balaban J connectivity index is 2.53. The van der Waals surface area contributed by atoms with Gasteiger partial charge in [0.25, 0.3) is 5.91 Å². The molecule has 0 unspecified atom stereocenters. The molecule has 0 aromatic heterocycles. The minimum Gasteiger partial charge on any atom is -0.483 e. The number of benzene rings is 1. The molecule has 0 heterocycles. The summed E-state index contributed by atoms with van der Waals surface area (Å²) >= 11 is 0. The minimum absolute atomic E-state index is 0.0860. The van der Waals surface area contributed by atoms with E-state index in [0.29, 0.717) is 0 Å². The molecule has 1 rings (SSSR count). The van der Waals surface area contributed by atoms with Crippen LogP contribution in [0.25, 0.3) is 0 Å². The van der Waals surface area contributed by atoms with E-state index in [9.17, 15) is 22.8 Å². The van der Waals surface area contributed by atoms with E-state index in [1.807, 2.05) is 0 Å². The predicted molar refractivity (Wildman–Crippen MR) is 58.0 cm³/mol. The van der Waals surface area contributed by atoms with E-state index < -0.39 is 31.2 Å². The van der Waals surface area contributed by atoms with E-state index in [2.05, 4.69) is 0 Å². The molecule has 5 nitrogen and oxygen atoms in total. The molecule has 8 heteroatoms. The number of carbonyl (C=O) groups is 2. The summed E-state index contributed by atoms with van der Waals surface area (Å²) in [5, 5.41) is 10.4. The number of carbonyl (C=O) groups excluding carboxylic acids is 1. The molecule has 0 spiro atoms. The Hall–Kier alpha value is -2.25. The first-order valence-corrected chi connectivity index (χ1v) is 5.08. The van der Waals surface area contributed by atoms with E-state index in [0.717, 1.165) is 0 Å². The molecule has 0 aliphatic rings. The lowest BCUT2D eigenvalue weighted by molar-refractivity contribution is -0.139. The number of alkyl halides is 3. The van der Waals surface area contributed by atoms with Crippen LogP contribution in [0.5, 0.6) is 5.75 Å². The largest absolute Gasteiger partial charge is 0.483 e. The summed E-state index contributed by atoms with van der Waals surface area (Å²) in [6.45, 7) is -2.16. The quantitative estimate of drug-likeness (QED) is 0.854. The van der Waals surface area contributed by atoms with Crippen molar-refractivity contribution < 1.29 is 32.6 Å². The van der Waals surface area contributed by atoms with Crippen LogP contribution in [0.2, 0.25) is 0 Å². The molecular weight excluding hydrogens is 267 g/mol. The molecule has 1 amide bonds. The highest BCUT2D eigenvalue weighted by molar-refractivity contribution is 5.91. The van der Waals surface area contributed by atoms with Gasteiger partial charge in [0.05, 0.1) is 0 Å². The molecular formula is C11H10F3NO4. The van der Waals surface area contributed by atoms with Gasteiger partial charge in [-0.15, -0.1) is 0 Å². The van der Waals surface area contributed by atoms with Gasteiger partial charge in [-0.3, -0.25) is 4.79 Å². The van der Waals surface area contributed by atoms with Crippen LogP contribution >= 0.6 is 0 Å². The van der Waals surface area contributed by atoms with Gasteiger partial charge >= 0.3 is 12.1 Å². The molecule has 0 radical (unpaired) electrons. The number of halogens is 3. The van der Waals surface area contributed by atoms with Crippen LogP contribution in [0.4, 0.5) is 13.2 Å². The van der Waals surface area contributed by atoms with Gasteiger partial charge in [0.15, 0.2) is 6.61 Å². The van der Waals surface area contributed by atoms with Crippen molar-refractivity contribution in [3.05, 3.63) is 29.8 Å². The first-order valence-electron chi connectivity index (χ1n) is 5.08. The van der Waals surface area contributed by atoms with E-state index in [1.54, 1.807) is 5.32 Å². The monoisotopic (exact) mass is 277 g/mol. The van der Waals surface area contributed by atoms with Gasteiger partial charge in [0.2, 0.25) is 0 Å². The third-order valence-electron chi connectivity index (χ3n) is 1.96. The lowest BCUT2D eigenvalue weighted by Crippen LogP contribution is -2.36. The van der Waals surface area contributed by atoms with Crippen molar-refractivity contribution in [1.29, 1.82) is 0 Å². The van der Waals surface area contributed by atoms with Crippen molar-refractivity contribution in [2.75, 3.05) is 13.2 Å². The summed E-state index contributed by atoms with van der Waals surface area (Å²) in [4.78, 5) is 21.9. The third kappa shape index (κ3) is 5.28. The normalized spacial score (nSPS) is 10.9. The minimum atomic E-state index is -4.51. The second kappa shape index (κ2) is 6.07. The number of ether oxygens (including phenoxy) is 1. The molecule has 0 bridgehead atoms. The summed E-state index contributed by atoms with van der Waals surface area (Å²) in [5.41, 5.74) is -0.175. The zero-order chi connectivity index (χ0) is 14.5. The molecule has 0 fully saturated rings. The fourth-order valence-corrected chi connectivity index (χ4v) is 1.16. The maximum atomic E-state index is 11.8. The number of amides is 1. The van der Waals surface area contributed by atoms with Gasteiger partial charge in [-0.25, -0.2) is 4.79 Å². The lowest BCUT2D eigenvalue weighted by atomic mass is 10.2. The van der Waals surface area contributed by atoms with E-state index in [4.69, 9.17) is 9.84 Å². The second-order valence-corrected chi connectivity index (χ2v) is 3.48. The second-order valence-electron chi connectivity index (χ2n) is 3.48. The number of nitrogens with one attached hydrogen (secondary N) is 1. The molecule has 0 saturated carbocycles. The summed E-state index contributed by atoms with van der Waals surface area (Å²) in [5.74, 6) is -2.33. The number of carboxylic acid groups (broad SMARTS) is 1. The van der Waals surface area contributed by atoms with Crippen molar-refractivity contribution in [3.8, 4) is 5.75 Å². The van der Waals surface area contributed by atoms with Gasteiger partial charge in [0, 0.05) is 0 Å². The van der Waals surface area contributed by atoms with Gasteiger partial charge in [-0.2, -0.15) is 13.2 Å². The average Bonchev–Trinajstić information content (AvgIpc) is 2.33. The fraction of sp³-hybridized carbons (Fsp3) is 0.273. The highest BCUT2D eigenvalue weighted by Gasteiger charge is 2.27. The third-order valence-corrected chi connectivity index (χ3v) is 1.96. The average molecular weight is 277 g/mol. The van der Waals surface area contributed by atoms with Crippen molar-refractivity contribution in [1.82, 2.24) is 5.32 Å². The van der Waals surface area contributed by atoms with Crippen LogP contribution in [-0.4, -0.2) is 36.3 Å². The summed E-state index contributed by atoms with van der Waals surface area (Å²) in [6.07, 6.45) is -4.51. The van der Waals surface area contributed by atoms with Crippen molar-refractivity contribution in [3.63, 3.8) is 0 Å². The van der Waals surface area contributed by atoms with Crippen LogP contribution < -0.4 is 10.1 Å². The molecule has 2 N–H and O–H groups in total. The first kappa shape index (κ1) is 14.8. The standard InChI is InChI=1S/C11H10F3NO4/c12-11(13,14)6-15-9(16)5-19-8-4-2-1-3-7(8)10(17)18/h1-4H,5-6H2,(H,15,16)(H,17,18). The number of carboxylic acids is 1. The van der Waals surface area contributed by atoms with Gasteiger partial charge < -0.3 is 15.2 Å². The lowest BCUT2D eigenvalue weighted by Gasteiger charge is -2.10. The molecule has 19 heavy (non-hydrogen) atoms. The van der Waals surface area contributed by atoms with Gasteiger partial charge in [-0.1, -0.05) is 12.1 Å². The number of para-hydroxylation sites is 1. The molecule has 0 atom stereocenters. The maximum Gasteiger partial charge on any atom is 0.405 e. The number of aromatic carboxylic acids is 1. The summed E-state index contributed by atoms with van der Waals surface area (Å²) in [7, 11) is 0. The Morgan fingerprint density at radius 1 is 1.26 bits per heavy atom. The van der Waals surface area contributed by atoms with Crippen molar-refractivity contribution in [2.24, 2.45) is 0 Å². The smallest absolute Gasteiger partial charge is 0.405 e. The van der Waals surface area contributed by atoms with Crippen LogP contribution in [0.3, 0.4) is 0 Å². The molecule has 0 aliphatic carbocycles.